The van der Waals surface area contributed by atoms with Gasteiger partial charge in [-0.15, -0.1) is 0 Å². The molecule has 3 heterocycles. The minimum atomic E-state index is -3.90. The van der Waals surface area contributed by atoms with Crippen molar-refractivity contribution in [3.05, 3.63) is 24.2 Å². The molecule has 196 valence electrons. The van der Waals surface area contributed by atoms with E-state index in [1.54, 1.807) is 7.05 Å². The summed E-state index contributed by atoms with van der Waals surface area (Å²) < 4.78 is 76.0. The Morgan fingerprint density at radius 3 is 2.69 bits per heavy atom. The van der Waals surface area contributed by atoms with Crippen molar-refractivity contribution in [2.45, 2.75) is 67.3 Å². The summed E-state index contributed by atoms with van der Waals surface area (Å²) in [5.74, 6) is -3.34. The second-order valence-corrected chi connectivity index (χ2v) is 11.3. The van der Waals surface area contributed by atoms with Crippen molar-refractivity contribution in [3.63, 3.8) is 0 Å². The molecule has 2 aliphatic rings. The lowest BCUT2D eigenvalue weighted by Crippen LogP contribution is -2.51. The maximum Gasteiger partial charge on any atom is 0.251 e. The number of hydrogen-bond donors (Lipinski definition) is 2. The van der Waals surface area contributed by atoms with Gasteiger partial charge in [-0.1, -0.05) is 0 Å². The fraction of sp³-hybridized carbons (Fsp3) is 0.619. The van der Waals surface area contributed by atoms with Crippen LogP contribution >= 0.6 is 0 Å². The van der Waals surface area contributed by atoms with Crippen molar-refractivity contribution in [2.75, 3.05) is 18.4 Å². The van der Waals surface area contributed by atoms with Crippen LogP contribution in [0.4, 0.5) is 19.1 Å². The highest BCUT2D eigenvalue weighted by atomic mass is 32.2. The fourth-order valence-corrected chi connectivity index (χ4v) is 5.86. The van der Waals surface area contributed by atoms with E-state index in [9.17, 15) is 32.0 Å². The standard InChI is InChI=1S/C21H26F3N7O4S/c1-20(32)12-21(23,24)5-3-17(20)35-18-13(7-25)8-26-19(29-18)28-16-4-6-31(11-15(16)22)36(33,34)14-9-27-30(2)10-14/h8-10,15-17,32H,3-6,11-12H2,1-2H3,(H,26,28,29)/t15-,16+,17?,20?/m1/s1. The molecule has 2 fully saturated rings. The van der Waals surface area contributed by atoms with Crippen LogP contribution in [0.25, 0.3) is 0 Å². The highest BCUT2D eigenvalue weighted by Gasteiger charge is 2.49. The van der Waals surface area contributed by atoms with Crippen LogP contribution in [0.15, 0.2) is 23.5 Å². The van der Waals surface area contributed by atoms with Crippen LogP contribution in [0, 0.1) is 11.3 Å². The monoisotopic (exact) mass is 529 g/mol. The van der Waals surface area contributed by atoms with Crippen molar-refractivity contribution in [3.8, 4) is 11.9 Å². The maximum absolute atomic E-state index is 15.0. The SMILES string of the molecule is Cn1cc(S(=O)(=O)N2CC[C@H](Nc3ncc(C#N)c(OC4CCC(F)(F)CC4(C)O)n3)[C@H](F)C2)cn1. The van der Waals surface area contributed by atoms with Gasteiger partial charge in [0.2, 0.25) is 21.9 Å². The molecule has 0 aromatic carbocycles. The summed E-state index contributed by atoms with van der Waals surface area (Å²) in [4.78, 5) is 8.07. The molecule has 0 amide bonds. The summed E-state index contributed by atoms with van der Waals surface area (Å²) >= 11 is 0. The lowest BCUT2D eigenvalue weighted by atomic mass is 9.81. The molecule has 1 saturated carbocycles. The van der Waals surface area contributed by atoms with Crippen molar-refractivity contribution in [2.24, 2.45) is 7.05 Å². The summed E-state index contributed by atoms with van der Waals surface area (Å²) in [5.41, 5.74) is -1.94. The number of nitrogens with one attached hydrogen (secondary N) is 1. The molecule has 2 N–H and O–H groups in total. The Labute approximate surface area is 205 Å². The lowest BCUT2D eigenvalue weighted by molar-refractivity contribution is -0.162. The van der Waals surface area contributed by atoms with E-state index in [1.807, 2.05) is 6.07 Å². The highest BCUT2D eigenvalue weighted by Crippen LogP contribution is 2.41. The molecule has 0 bridgehead atoms. The molecule has 0 spiro atoms. The van der Waals surface area contributed by atoms with Crippen molar-refractivity contribution < 1.29 is 31.4 Å². The van der Waals surface area contributed by atoms with Gasteiger partial charge in [0.05, 0.1) is 18.4 Å². The molecule has 0 radical (unpaired) electrons. The smallest absolute Gasteiger partial charge is 0.251 e. The molecule has 2 unspecified atom stereocenters. The summed E-state index contributed by atoms with van der Waals surface area (Å²) in [6.45, 7) is 0.875. The quantitative estimate of drug-likeness (QED) is 0.570. The van der Waals surface area contributed by atoms with Gasteiger partial charge in [0.15, 0.2) is 0 Å². The summed E-state index contributed by atoms with van der Waals surface area (Å²) in [6, 6.07) is 1.02. The Morgan fingerprint density at radius 2 is 2.08 bits per heavy atom. The van der Waals surface area contributed by atoms with Crippen LogP contribution in [-0.4, -0.2) is 80.5 Å². The molecule has 15 heteroatoms. The summed E-state index contributed by atoms with van der Waals surface area (Å²) in [6.07, 6.45) is -0.305. The van der Waals surface area contributed by atoms with Crippen LogP contribution in [-0.2, 0) is 17.1 Å². The third-order valence-electron chi connectivity index (χ3n) is 6.35. The first-order valence-corrected chi connectivity index (χ1v) is 12.7. The van der Waals surface area contributed by atoms with Gasteiger partial charge in [0, 0.05) is 39.2 Å². The number of alkyl halides is 3. The topological polar surface area (TPSA) is 146 Å². The number of hydrogen-bond acceptors (Lipinski definition) is 9. The first-order valence-electron chi connectivity index (χ1n) is 11.2. The number of anilines is 1. The number of aliphatic hydroxyl groups is 1. The predicted molar refractivity (Wildman–Crippen MR) is 119 cm³/mol. The third-order valence-corrected chi connectivity index (χ3v) is 8.17. The van der Waals surface area contributed by atoms with E-state index in [1.165, 1.54) is 24.0 Å². The average molecular weight is 530 g/mol. The van der Waals surface area contributed by atoms with Crippen LogP contribution in [0.5, 0.6) is 5.88 Å². The average Bonchev–Trinajstić information content (AvgIpc) is 3.23. The second kappa shape index (κ2) is 9.49. The minimum Gasteiger partial charge on any atom is -0.470 e. The molecule has 4 rings (SSSR count). The molecule has 11 nitrogen and oxygen atoms in total. The lowest BCUT2D eigenvalue weighted by Gasteiger charge is -2.40. The highest BCUT2D eigenvalue weighted by molar-refractivity contribution is 7.89. The molecule has 2 aromatic rings. The van der Waals surface area contributed by atoms with E-state index in [-0.39, 0.29) is 41.7 Å². The Morgan fingerprint density at radius 1 is 1.33 bits per heavy atom. The van der Waals surface area contributed by atoms with E-state index in [2.05, 4.69) is 20.4 Å². The molecular weight excluding hydrogens is 503 g/mol. The van der Waals surface area contributed by atoms with Gasteiger partial charge >= 0.3 is 0 Å². The number of aromatic nitrogens is 4. The van der Waals surface area contributed by atoms with Gasteiger partial charge in [-0.25, -0.2) is 26.6 Å². The minimum absolute atomic E-state index is 0.0304. The van der Waals surface area contributed by atoms with Crippen molar-refractivity contribution >= 4 is 16.0 Å². The number of aryl methyl sites for hydroxylation is 1. The number of halogens is 3. The Hall–Kier alpha value is -2.96. The number of ether oxygens (including phenoxy) is 1. The number of piperidine rings is 1. The number of nitrogens with zero attached hydrogens (tertiary/aromatic N) is 6. The first kappa shape index (κ1) is 26.1. The normalized spacial score (nSPS) is 28.9. The molecule has 4 atom stereocenters. The third kappa shape index (κ3) is 5.40. The van der Waals surface area contributed by atoms with Gasteiger partial charge in [0.25, 0.3) is 5.92 Å². The van der Waals surface area contributed by atoms with Gasteiger partial charge in [0.1, 0.15) is 34.4 Å². The predicted octanol–water partition coefficient (Wildman–Crippen LogP) is 1.61. The van der Waals surface area contributed by atoms with E-state index >= 15 is 0 Å². The van der Waals surface area contributed by atoms with Gasteiger partial charge < -0.3 is 15.2 Å². The van der Waals surface area contributed by atoms with E-state index in [0.717, 1.165) is 10.5 Å². The zero-order chi connectivity index (χ0) is 26.3. The Bertz CT molecular complexity index is 1260. The Balaban J connectivity index is 1.45. The van der Waals surface area contributed by atoms with E-state index < -0.39 is 59.3 Å². The molecule has 1 aliphatic carbocycles. The van der Waals surface area contributed by atoms with Crippen molar-refractivity contribution in [1.29, 1.82) is 5.26 Å². The van der Waals surface area contributed by atoms with E-state index in [0.29, 0.717) is 0 Å². The van der Waals surface area contributed by atoms with Crippen LogP contribution < -0.4 is 10.1 Å². The number of rotatable bonds is 6. The number of nitriles is 1. The van der Waals surface area contributed by atoms with Gasteiger partial charge in [-0.3, -0.25) is 4.68 Å². The molecule has 1 saturated heterocycles. The van der Waals surface area contributed by atoms with Crippen LogP contribution in [0.3, 0.4) is 0 Å². The van der Waals surface area contributed by atoms with Crippen molar-refractivity contribution in [1.82, 2.24) is 24.1 Å². The Kier molecular flexibility index (Phi) is 6.88. The second-order valence-electron chi connectivity index (χ2n) is 9.33. The molecule has 1 aliphatic heterocycles. The molecule has 2 aromatic heterocycles. The largest absolute Gasteiger partial charge is 0.470 e. The zero-order valence-corrected chi connectivity index (χ0v) is 20.4. The summed E-state index contributed by atoms with van der Waals surface area (Å²) in [7, 11) is -2.33. The maximum atomic E-state index is 15.0. The molecule has 36 heavy (non-hydrogen) atoms. The van der Waals surface area contributed by atoms with Gasteiger partial charge in [-0.05, 0) is 19.8 Å². The summed E-state index contributed by atoms with van der Waals surface area (Å²) in [5, 5.41) is 26.5. The van der Waals surface area contributed by atoms with Crippen LogP contribution in [0.1, 0.15) is 38.2 Å². The van der Waals surface area contributed by atoms with Crippen LogP contribution in [0.2, 0.25) is 0 Å². The molecular formula is C21H26F3N7O4S. The van der Waals surface area contributed by atoms with Gasteiger partial charge in [-0.2, -0.15) is 19.6 Å². The fourth-order valence-electron chi connectivity index (χ4n) is 4.41. The van der Waals surface area contributed by atoms with E-state index in [4.69, 9.17) is 4.74 Å². The zero-order valence-electron chi connectivity index (χ0n) is 19.6. The first-order chi connectivity index (χ1) is 16.8. The number of sulfonamides is 1.